The van der Waals surface area contributed by atoms with Crippen molar-refractivity contribution < 1.29 is 49.8 Å². The Bertz CT molecular complexity index is 542. The summed E-state index contributed by atoms with van der Waals surface area (Å²) in [7, 11) is 0. The Hall–Kier alpha value is -2.98. The van der Waals surface area contributed by atoms with E-state index in [0.29, 0.717) is 12.8 Å². The monoisotopic (exact) mass is 402 g/mol. The van der Waals surface area contributed by atoms with E-state index in [2.05, 4.69) is 0 Å². The molecule has 0 saturated carbocycles. The second-order valence-electron chi connectivity index (χ2n) is 5.34. The van der Waals surface area contributed by atoms with Gasteiger partial charge in [0, 0.05) is 26.1 Å². The van der Waals surface area contributed by atoms with Gasteiger partial charge in [0.25, 0.3) is 0 Å². The fourth-order valence-electron chi connectivity index (χ4n) is 1.53. The molecule has 0 fully saturated rings. The Balaban J connectivity index is 0. The number of aromatic carboxylic acids is 2. The number of carboxylic acids is 4. The van der Waals surface area contributed by atoms with Gasteiger partial charge < -0.3 is 30.6 Å². The summed E-state index contributed by atoms with van der Waals surface area (Å²) in [6.45, 7) is 0.390. The molecular weight excluding hydrogens is 376 g/mol. The molecule has 1 aromatic rings. The van der Waals surface area contributed by atoms with E-state index < -0.39 is 23.9 Å². The average molecular weight is 402 g/mol. The number of benzene rings is 1. The van der Waals surface area contributed by atoms with E-state index in [1.54, 1.807) is 0 Å². The molecule has 0 radical (unpaired) electrons. The molecule has 10 nitrogen and oxygen atoms in total. The van der Waals surface area contributed by atoms with Crippen molar-refractivity contribution >= 4 is 23.9 Å². The van der Waals surface area contributed by atoms with Crippen LogP contribution in [0.2, 0.25) is 0 Å². The second kappa shape index (κ2) is 17.4. The average Bonchev–Trinajstić information content (AvgIpc) is 2.64. The molecule has 0 unspecified atom stereocenters. The maximum Gasteiger partial charge on any atom is 0.335 e. The van der Waals surface area contributed by atoms with Crippen LogP contribution in [0.4, 0.5) is 0 Å². The van der Waals surface area contributed by atoms with Crippen molar-refractivity contribution in [3.05, 3.63) is 35.4 Å². The number of rotatable bonds is 10. The quantitative estimate of drug-likeness (QED) is 0.313. The lowest BCUT2D eigenvalue weighted by Gasteiger charge is -1.94. The molecule has 0 spiro atoms. The fourth-order valence-corrected chi connectivity index (χ4v) is 1.53. The van der Waals surface area contributed by atoms with E-state index in [0.717, 1.165) is 12.8 Å². The summed E-state index contributed by atoms with van der Waals surface area (Å²) < 4.78 is 0. The van der Waals surface area contributed by atoms with E-state index in [1.807, 2.05) is 0 Å². The molecule has 28 heavy (non-hydrogen) atoms. The molecule has 6 N–H and O–H groups in total. The highest BCUT2D eigenvalue weighted by atomic mass is 16.4. The summed E-state index contributed by atoms with van der Waals surface area (Å²) in [4.78, 5) is 40.5. The summed E-state index contributed by atoms with van der Waals surface area (Å²) in [5.41, 5.74) is 0.167. The number of aliphatic hydroxyl groups is 2. The summed E-state index contributed by atoms with van der Waals surface area (Å²) >= 11 is 0. The molecule has 0 atom stereocenters. The van der Waals surface area contributed by atoms with Crippen LogP contribution in [-0.2, 0) is 9.59 Å². The Morgan fingerprint density at radius 3 is 1.04 bits per heavy atom. The number of hydrogen-bond donors (Lipinski definition) is 6. The Morgan fingerprint density at radius 1 is 0.571 bits per heavy atom. The van der Waals surface area contributed by atoms with Gasteiger partial charge in [-0.25, -0.2) is 9.59 Å². The third-order valence-electron chi connectivity index (χ3n) is 2.98. The first kappa shape index (κ1) is 27.2. The van der Waals surface area contributed by atoms with Crippen molar-refractivity contribution in [2.75, 3.05) is 13.2 Å². The minimum atomic E-state index is -1.06. The summed E-state index contributed by atoms with van der Waals surface area (Å²) in [5, 5.41) is 49.4. The highest BCUT2D eigenvalue weighted by Crippen LogP contribution is 2.03. The first-order valence-electron chi connectivity index (χ1n) is 8.37. The first-order chi connectivity index (χ1) is 13.1. The van der Waals surface area contributed by atoms with Crippen molar-refractivity contribution in [3.63, 3.8) is 0 Å². The molecule has 0 aliphatic carbocycles. The fraction of sp³-hybridized carbons (Fsp3) is 0.444. The molecule has 1 rings (SSSR count). The maximum absolute atomic E-state index is 10.3. The summed E-state index contributed by atoms with van der Waals surface area (Å²) in [5.74, 6) is -3.87. The van der Waals surface area contributed by atoms with Crippen LogP contribution in [0, 0.1) is 0 Å². The highest BCUT2D eigenvalue weighted by molar-refractivity contribution is 5.91. The number of carbonyl (C=O) groups is 4. The van der Waals surface area contributed by atoms with Crippen LogP contribution in [0.1, 0.15) is 59.2 Å². The zero-order chi connectivity index (χ0) is 21.9. The van der Waals surface area contributed by atoms with E-state index in [4.69, 9.17) is 30.6 Å². The minimum absolute atomic E-state index is 0.0628. The van der Waals surface area contributed by atoms with Gasteiger partial charge in [0.15, 0.2) is 0 Å². The molecule has 10 heteroatoms. The van der Waals surface area contributed by atoms with Crippen molar-refractivity contribution in [1.82, 2.24) is 0 Å². The van der Waals surface area contributed by atoms with E-state index in [1.165, 1.54) is 24.3 Å². The smallest absolute Gasteiger partial charge is 0.335 e. The number of hydrogen-bond acceptors (Lipinski definition) is 6. The van der Waals surface area contributed by atoms with Gasteiger partial charge in [-0.15, -0.1) is 0 Å². The Labute approximate surface area is 161 Å². The van der Waals surface area contributed by atoms with Gasteiger partial charge in [-0.3, -0.25) is 9.59 Å². The normalized spacial score (nSPS) is 9.21. The summed E-state index contributed by atoms with van der Waals surface area (Å²) in [6.07, 6.45) is 2.46. The Kier molecular flexibility index (Phi) is 17.0. The molecule has 1 aromatic carbocycles. The molecule has 0 amide bonds. The first-order valence-corrected chi connectivity index (χ1v) is 8.37. The van der Waals surface area contributed by atoms with Crippen molar-refractivity contribution in [1.29, 1.82) is 0 Å². The Morgan fingerprint density at radius 2 is 0.857 bits per heavy atom. The van der Waals surface area contributed by atoms with E-state index >= 15 is 0 Å². The van der Waals surface area contributed by atoms with Gasteiger partial charge >= 0.3 is 23.9 Å². The van der Waals surface area contributed by atoms with Crippen LogP contribution in [-0.4, -0.2) is 67.7 Å². The SMILES string of the molecule is O=C(O)CCCCC(=O)O.O=C(O)c1ccc(C(=O)O)cc1.OCCCCO. The van der Waals surface area contributed by atoms with Gasteiger partial charge in [-0.2, -0.15) is 0 Å². The van der Waals surface area contributed by atoms with Gasteiger partial charge in [0.2, 0.25) is 0 Å². The molecular formula is C18H26O10. The van der Waals surface area contributed by atoms with Crippen molar-refractivity contribution in [2.24, 2.45) is 0 Å². The number of aliphatic carboxylic acids is 2. The highest BCUT2D eigenvalue weighted by Gasteiger charge is 2.04. The van der Waals surface area contributed by atoms with E-state index in [-0.39, 0.29) is 37.2 Å². The molecule has 0 bridgehead atoms. The third-order valence-corrected chi connectivity index (χ3v) is 2.98. The molecule has 0 saturated heterocycles. The van der Waals surface area contributed by atoms with Crippen LogP contribution in [0.3, 0.4) is 0 Å². The van der Waals surface area contributed by atoms with E-state index in [9.17, 15) is 19.2 Å². The van der Waals surface area contributed by atoms with Crippen LogP contribution >= 0.6 is 0 Å². The van der Waals surface area contributed by atoms with Crippen molar-refractivity contribution in [3.8, 4) is 0 Å². The van der Waals surface area contributed by atoms with Crippen LogP contribution in [0.15, 0.2) is 24.3 Å². The zero-order valence-electron chi connectivity index (χ0n) is 15.3. The lowest BCUT2D eigenvalue weighted by Crippen LogP contribution is -1.99. The topological polar surface area (TPSA) is 190 Å². The van der Waals surface area contributed by atoms with Gasteiger partial charge in [-0.05, 0) is 49.9 Å². The standard InChI is InChI=1S/C8H6O4.C6H10O4.C4H10O2/c9-7(10)5-1-2-6(4-3-5)8(11)12;7-5(8)3-1-2-4-6(9)10;5-3-1-2-4-6/h1-4H,(H,9,10)(H,11,12);1-4H2,(H,7,8)(H,9,10);5-6H,1-4H2. The second-order valence-corrected chi connectivity index (χ2v) is 5.34. The lowest BCUT2D eigenvalue weighted by atomic mass is 10.1. The molecule has 0 aliphatic rings. The van der Waals surface area contributed by atoms with Crippen LogP contribution in [0.5, 0.6) is 0 Å². The zero-order valence-corrected chi connectivity index (χ0v) is 15.3. The van der Waals surface area contributed by atoms with Gasteiger partial charge in [0.1, 0.15) is 0 Å². The molecule has 0 heterocycles. The predicted molar refractivity (Wildman–Crippen MR) is 97.5 cm³/mol. The van der Waals surface area contributed by atoms with Gasteiger partial charge in [-0.1, -0.05) is 0 Å². The molecule has 0 aliphatic heterocycles. The van der Waals surface area contributed by atoms with Crippen LogP contribution in [0.25, 0.3) is 0 Å². The molecule has 158 valence electrons. The minimum Gasteiger partial charge on any atom is -0.481 e. The van der Waals surface area contributed by atoms with Crippen LogP contribution < -0.4 is 0 Å². The number of aliphatic hydroxyl groups excluding tert-OH is 2. The lowest BCUT2D eigenvalue weighted by molar-refractivity contribution is -0.139. The largest absolute Gasteiger partial charge is 0.481 e. The third kappa shape index (κ3) is 17.8. The number of unbranched alkanes of at least 4 members (excludes halogenated alkanes) is 2. The predicted octanol–water partition coefficient (Wildman–Crippen LogP) is 1.55. The molecule has 0 aromatic heterocycles. The number of carboxylic acid groups (broad SMARTS) is 4. The summed E-state index contributed by atoms with van der Waals surface area (Å²) in [6, 6.07) is 5.02. The van der Waals surface area contributed by atoms with Gasteiger partial charge in [0.05, 0.1) is 11.1 Å². The maximum atomic E-state index is 10.3. The van der Waals surface area contributed by atoms with Crippen molar-refractivity contribution in [2.45, 2.75) is 38.5 Å².